The molecule has 2 aromatic heterocycles. The summed E-state index contributed by atoms with van der Waals surface area (Å²) in [6, 6.07) is 15.3. The largest absolute Gasteiger partial charge is 0.493 e. The van der Waals surface area contributed by atoms with E-state index in [1.54, 1.807) is 19.2 Å². The number of pyridine rings is 2. The number of carbonyl (C=O) groups is 1. The fourth-order valence-corrected chi connectivity index (χ4v) is 7.62. The van der Waals surface area contributed by atoms with Crippen molar-refractivity contribution < 1.29 is 24.1 Å². The molecule has 1 saturated carbocycles. The first-order chi connectivity index (χ1) is 24.9. The van der Waals surface area contributed by atoms with Crippen LogP contribution in [-0.4, -0.2) is 72.9 Å². The second kappa shape index (κ2) is 14.3. The van der Waals surface area contributed by atoms with Gasteiger partial charge in [-0.2, -0.15) is 0 Å². The van der Waals surface area contributed by atoms with Crippen molar-refractivity contribution in [2.75, 3.05) is 30.3 Å². The van der Waals surface area contributed by atoms with E-state index in [0.717, 1.165) is 35.1 Å². The van der Waals surface area contributed by atoms with Crippen molar-refractivity contribution in [3.63, 3.8) is 0 Å². The number of ether oxygens (including phenoxy) is 1. The van der Waals surface area contributed by atoms with E-state index in [2.05, 4.69) is 26.9 Å². The van der Waals surface area contributed by atoms with Crippen LogP contribution < -0.4 is 20.7 Å². The SMILES string of the molecule is CCOc1cc(NC2(Nc3nccc4cc(CN5CCC(O)C5)cnc34)C=CC=C(c3ccccc3)C2(C)Cl)c(Cl)c(F)c1CNC1(C(=O)O)CC1. The summed E-state index contributed by atoms with van der Waals surface area (Å²) >= 11 is 14.5. The van der Waals surface area contributed by atoms with Crippen LogP contribution in [-0.2, 0) is 17.9 Å². The highest BCUT2D eigenvalue weighted by atomic mass is 35.5. The van der Waals surface area contributed by atoms with E-state index in [1.807, 2.05) is 67.7 Å². The van der Waals surface area contributed by atoms with Crippen LogP contribution in [0, 0.1) is 5.82 Å². The fourth-order valence-electron chi connectivity index (χ4n) is 7.07. The van der Waals surface area contributed by atoms with Crippen LogP contribution in [0.4, 0.5) is 15.9 Å². The molecule has 2 aromatic carbocycles. The summed E-state index contributed by atoms with van der Waals surface area (Å²) in [6.07, 6.45) is 10.5. The lowest BCUT2D eigenvalue weighted by atomic mass is 9.78. The number of nitrogens with one attached hydrogen (secondary N) is 3. The third kappa shape index (κ3) is 6.83. The first-order valence-electron chi connectivity index (χ1n) is 17.4. The van der Waals surface area contributed by atoms with Crippen LogP contribution in [0.3, 0.4) is 0 Å². The molecule has 0 radical (unpaired) electrons. The van der Waals surface area contributed by atoms with E-state index in [9.17, 15) is 15.0 Å². The quantitative estimate of drug-likeness (QED) is 0.0723. The fraction of sp³-hybridized carbons (Fsp3) is 0.359. The minimum Gasteiger partial charge on any atom is -0.493 e. The number of β-amino-alcohol motifs (C(OH)–C–C–N with tert-alkyl or cyclic N) is 1. The predicted octanol–water partition coefficient (Wildman–Crippen LogP) is 6.97. The van der Waals surface area contributed by atoms with Gasteiger partial charge in [0.05, 0.1) is 18.4 Å². The number of carboxylic acids is 1. The number of likely N-dealkylation sites (tertiary alicyclic amines) is 1. The molecule has 5 N–H and O–H groups in total. The Kier molecular flexibility index (Phi) is 9.92. The number of fused-ring (bicyclic) bond motifs is 1. The number of aliphatic carboxylic acids is 1. The van der Waals surface area contributed by atoms with Gasteiger partial charge in [-0.15, -0.1) is 11.6 Å². The molecule has 272 valence electrons. The van der Waals surface area contributed by atoms with Crippen LogP contribution in [0.1, 0.15) is 49.8 Å². The van der Waals surface area contributed by atoms with Gasteiger partial charge in [-0.1, -0.05) is 54.1 Å². The van der Waals surface area contributed by atoms with Crippen LogP contribution in [0.25, 0.3) is 16.5 Å². The first kappa shape index (κ1) is 36.1. The van der Waals surface area contributed by atoms with Crippen molar-refractivity contribution in [1.29, 1.82) is 0 Å². The summed E-state index contributed by atoms with van der Waals surface area (Å²) < 4.78 is 22.3. The van der Waals surface area contributed by atoms with E-state index < -0.39 is 27.9 Å². The Morgan fingerprint density at radius 3 is 2.63 bits per heavy atom. The summed E-state index contributed by atoms with van der Waals surface area (Å²) in [5, 5.41) is 30.4. The molecule has 2 fully saturated rings. The third-order valence-corrected chi connectivity index (χ3v) is 11.1. The molecule has 0 bridgehead atoms. The van der Waals surface area contributed by atoms with Crippen LogP contribution in [0.5, 0.6) is 5.75 Å². The molecule has 0 spiro atoms. The van der Waals surface area contributed by atoms with E-state index in [0.29, 0.717) is 37.3 Å². The van der Waals surface area contributed by atoms with Gasteiger partial charge in [-0.3, -0.25) is 20.0 Å². The summed E-state index contributed by atoms with van der Waals surface area (Å²) in [4.78, 5) is 22.3. The topological polar surface area (TPSA) is 132 Å². The van der Waals surface area contributed by atoms with Gasteiger partial charge in [-0.05, 0) is 68.0 Å². The summed E-state index contributed by atoms with van der Waals surface area (Å²) in [7, 11) is 0. The lowest BCUT2D eigenvalue weighted by Gasteiger charge is -2.48. The highest BCUT2D eigenvalue weighted by molar-refractivity contribution is 6.34. The molecule has 7 rings (SSSR count). The van der Waals surface area contributed by atoms with E-state index in [1.165, 1.54) is 0 Å². The smallest absolute Gasteiger partial charge is 0.323 e. The normalized spacial score (nSPS) is 23.7. The lowest BCUT2D eigenvalue weighted by Crippen LogP contribution is -2.60. The zero-order valence-corrected chi connectivity index (χ0v) is 30.4. The standard InChI is InChI=1S/C39H41Cl2FN6O4/c1-3-52-31-19-30(32(40)33(42)28(31)21-45-38(14-15-38)36(50)51)46-39(13-7-10-29(37(39,2)41)25-8-5-4-6-9-25)47-35-34-26(11-16-43-35)18-24(20-44-34)22-48-17-12-27(49)23-48/h4-11,13,16,18-20,27,45-46,49H,3,12,14-15,17,21-23H2,1-2H3,(H,43,47)(H,50,51). The van der Waals surface area contributed by atoms with Gasteiger partial charge in [0.25, 0.3) is 0 Å². The monoisotopic (exact) mass is 746 g/mol. The summed E-state index contributed by atoms with van der Waals surface area (Å²) in [5.41, 5.74) is 1.16. The van der Waals surface area contributed by atoms with Crippen LogP contribution in [0.15, 0.2) is 79.2 Å². The van der Waals surface area contributed by atoms with E-state index in [-0.39, 0.29) is 41.3 Å². The second-order valence-corrected chi connectivity index (χ2v) is 15.0. The predicted molar refractivity (Wildman–Crippen MR) is 202 cm³/mol. The highest BCUT2D eigenvalue weighted by Gasteiger charge is 2.52. The Morgan fingerprint density at radius 2 is 1.94 bits per heavy atom. The molecule has 13 heteroatoms. The van der Waals surface area contributed by atoms with Crippen molar-refractivity contribution in [3.8, 4) is 5.75 Å². The minimum atomic E-state index is -1.37. The Hall–Kier alpha value is -4.26. The van der Waals surface area contributed by atoms with E-state index in [4.69, 9.17) is 37.9 Å². The molecule has 3 heterocycles. The number of alkyl halides is 1. The molecule has 3 atom stereocenters. The van der Waals surface area contributed by atoms with Crippen molar-refractivity contribution in [3.05, 3.63) is 107 Å². The lowest BCUT2D eigenvalue weighted by molar-refractivity contribution is -0.140. The minimum absolute atomic E-state index is 0.0865. The molecule has 1 saturated heterocycles. The number of allylic oxidation sites excluding steroid dienone is 2. The zero-order chi connectivity index (χ0) is 36.7. The zero-order valence-electron chi connectivity index (χ0n) is 28.9. The number of aliphatic hydroxyl groups is 1. The molecule has 3 aliphatic rings. The number of nitrogens with zero attached hydrogens (tertiary/aromatic N) is 3. The number of carboxylic acid groups (broad SMARTS) is 1. The Morgan fingerprint density at radius 1 is 1.15 bits per heavy atom. The number of hydrogen-bond acceptors (Lipinski definition) is 9. The Balaban J connectivity index is 1.29. The van der Waals surface area contributed by atoms with Crippen molar-refractivity contribution in [2.45, 2.75) is 68.4 Å². The maximum Gasteiger partial charge on any atom is 0.323 e. The molecule has 2 aliphatic carbocycles. The molecule has 52 heavy (non-hydrogen) atoms. The number of aliphatic hydroxyl groups excluding tert-OH is 1. The average molecular weight is 748 g/mol. The second-order valence-electron chi connectivity index (χ2n) is 13.8. The number of halogens is 3. The maximum atomic E-state index is 16.3. The van der Waals surface area contributed by atoms with Crippen molar-refractivity contribution >= 4 is 57.2 Å². The number of aromatic nitrogens is 2. The summed E-state index contributed by atoms with van der Waals surface area (Å²) in [6.45, 7) is 5.92. The van der Waals surface area contributed by atoms with Crippen LogP contribution >= 0.6 is 23.2 Å². The number of hydrogen-bond donors (Lipinski definition) is 5. The molecule has 1 aliphatic heterocycles. The maximum absolute atomic E-state index is 16.3. The van der Waals surface area contributed by atoms with E-state index >= 15 is 4.39 Å². The van der Waals surface area contributed by atoms with Gasteiger partial charge >= 0.3 is 5.97 Å². The van der Waals surface area contributed by atoms with Gasteiger partial charge in [0, 0.05) is 55.6 Å². The van der Waals surface area contributed by atoms with Gasteiger partial charge in [0.1, 0.15) is 26.7 Å². The van der Waals surface area contributed by atoms with Crippen molar-refractivity contribution in [1.82, 2.24) is 20.2 Å². The summed E-state index contributed by atoms with van der Waals surface area (Å²) in [5.74, 6) is -1.06. The molecular weight excluding hydrogens is 706 g/mol. The van der Waals surface area contributed by atoms with Gasteiger partial charge in [0.15, 0.2) is 17.3 Å². The average Bonchev–Trinajstić information content (AvgIpc) is 3.82. The Labute approximate surface area is 311 Å². The number of anilines is 2. The molecule has 10 nitrogen and oxygen atoms in total. The number of rotatable bonds is 13. The Bertz CT molecular complexity index is 2060. The van der Waals surface area contributed by atoms with Gasteiger partial charge in [0.2, 0.25) is 0 Å². The molecular formula is C39H41Cl2FN6O4. The van der Waals surface area contributed by atoms with Gasteiger partial charge < -0.3 is 25.6 Å². The van der Waals surface area contributed by atoms with Gasteiger partial charge in [-0.25, -0.2) is 9.37 Å². The molecule has 4 aromatic rings. The molecule has 3 unspecified atom stereocenters. The first-order valence-corrected chi connectivity index (χ1v) is 18.2. The van der Waals surface area contributed by atoms with Crippen LogP contribution in [0.2, 0.25) is 5.02 Å². The highest BCUT2D eigenvalue weighted by Crippen LogP contribution is 2.49. The third-order valence-electron chi connectivity index (χ3n) is 10.2. The molecule has 0 amide bonds. The van der Waals surface area contributed by atoms with Crippen molar-refractivity contribution in [2.24, 2.45) is 0 Å². The number of benzene rings is 2.